The molecule has 0 unspecified atom stereocenters. The van der Waals surface area contributed by atoms with Crippen LogP contribution in [0.2, 0.25) is 0 Å². The highest BCUT2D eigenvalue weighted by Gasteiger charge is 2.18. The molecule has 1 saturated heterocycles. The first-order chi connectivity index (χ1) is 11.8. The van der Waals surface area contributed by atoms with Gasteiger partial charge in [0.25, 0.3) is 0 Å². The smallest absolute Gasteiger partial charge is 0.103 e. The van der Waals surface area contributed by atoms with Gasteiger partial charge in [-0.3, -0.25) is 5.01 Å². The van der Waals surface area contributed by atoms with Crippen molar-refractivity contribution in [2.75, 3.05) is 26.2 Å². The fraction of sp³-hybridized carbons (Fsp3) is 0.250. The minimum Gasteiger partial charge on any atom is -0.328 e. The normalized spacial score (nSPS) is 16.7. The van der Waals surface area contributed by atoms with E-state index in [0.29, 0.717) is 5.03 Å². The predicted octanol–water partition coefficient (Wildman–Crippen LogP) is 2.65. The Morgan fingerprint density at radius 1 is 1.00 bits per heavy atom. The summed E-state index contributed by atoms with van der Waals surface area (Å²) in [6.45, 7) is 5.23. The third kappa shape index (κ3) is 5.22. The first-order valence-electron chi connectivity index (χ1n) is 8.38. The molecule has 1 heterocycles. The van der Waals surface area contributed by atoms with E-state index < -0.39 is 0 Å². The third-order valence-corrected chi connectivity index (χ3v) is 4.40. The number of allylic oxidation sites excluding steroid dienone is 1. The van der Waals surface area contributed by atoms with Gasteiger partial charge in [-0.15, -0.1) is 0 Å². The van der Waals surface area contributed by atoms with Gasteiger partial charge >= 0.3 is 0 Å². The quantitative estimate of drug-likeness (QED) is 0.830. The predicted molar refractivity (Wildman–Crippen MR) is 101 cm³/mol. The molecule has 0 bridgehead atoms. The average Bonchev–Trinajstić information content (AvgIpc) is 2.63. The standard InChI is InChI=1S/C20H22ClN3/c21-20(15-18-7-3-1-4-8-18)16-22-24-13-11-23(12-14-24)17-19-9-5-2-6-10-19/h1-10,15-16H,11-14,17H2/p+1/b20-15-,22-16-. The molecule has 0 aliphatic carbocycles. The van der Waals surface area contributed by atoms with Crippen LogP contribution >= 0.6 is 11.6 Å². The highest BCUT2D eigenvalue weighted by Crippen LogP contribution is 2.08. The molecule has 0 spiro atoms. The summed E-state index contributed by atoms with van der Waals surface area (Å²) in [5.41, 5.74) is 2.49. The Bertz CT molecular complexity index is 675. The van der Waals surface area contributed by atoms with Gasteiger partial charge in [-0.25, -0.2) is 0 Å². The molecule has 0 aromatic heterocycles. The van der Waals surface area contributed by atoms with Gasteiger partial charge in [-0.05, 0) is 11.6 Å². The number of hydrogen-bond donors (Lipinski definition) is 1. The monoisotopic (exact) mass is 340 g/mol. The van der Waals surface area contributed by atoms with Crippen LogP contribution in [0.3, 0.4) is 0 Å². The summed E-state index contributed by atoms with van der Waals surface area (Å²) >= 11 is 6.25. The first kappa shape index (κ1) is 16.7. The van der Waals surface area contributed by atoms with Gasteiger partial charge in [0.05, 0.1) is 37.4 Å². The maximum Gasteiger partial charge on any atom is 0.103 e. The summed E-state index contributed by atoms with van der Waals surface area (Å²) in [7, 11) is 0. The van der Waals surface area contributed by atoms with Gasteiger partial charge in [0, 0.05) is 5.56 Å². The van der Waals surface area contributed by atoms with Crippen LogP contribution in [0.15, 0.2) is 70.8 Å². The molecule has 0 atom stereocenters. The SMILES string of the molecule is ClC(/C=N\N1CC[NH+](Cc2ccccc2)CC1)=C\c1ccccc1. The van der Waals surface area contributed by atoms with Crippen LogP contribution in [0.4, 0.5) is 0 Å². The number of rotatable bonds is 5. The molecule has 24 heavy (non-hydrogen) atoms. The van der Waals surface area contributed by atoms with E-state index in [2.05, 4.69) is 40.4 Å². The molecule has 0 amide bonds. The van der Waals surface area contributed by atoms with E-state index in [0.717, 1.165) is 38.3 Å². The summed E-state index contributed by atoms with van der Waals surface area (Å²) in [5.74, 6) is 0. The molecule has 4 heteroatoms. The van der Waals surface area contributed by atoms with Crippen LogP contribution < -0.4 is 4.90 Å². The summed E-state index contributed by atoms with van der Waals surface area (Å²) < 4.78 is 0. The van der Waals surface area contributed by atoms with Gasteiger partial charge in [-0.2, -0.15) is 5.10 Å². The van der Waals surface area contributed by atoms with E-state index >= 15 is 0 Å². The summed E-state index contributed by atoms with van der Waals surface area (Å²) in [6.07, 6.45) is 3.68. The highest BCUT2D eigenvalue weighted by atomic mass is 35.5. The Labute approximate surface area is 148 Å². The van der Waals surface area contributed by atoms with E-state index in [1.165, 1.54) is 5.56 Å². The van der Waals surface area contributed by atoms with Gasteiger partial charge in [-0.1, -0.05) is 72.3 Å². The van der Waals surface area contributed by atoms with Crippen LogP contribution in [0.1, 0.15) is 11.1 Å². The Kier molecular flexibility index (Phi) is 6.05. The molecule has 2 aromatic rings. The van der Waals surface area contributed by atoms with Crippen molar-refractivity contribution in [1.82, 2.24) is 5.01 Å². The Hall–Kier alpha value is -2.10. The molecule has 3 nitrogen and oxygen atoms in total. The number of quaternary nitrogens is 1. The van der Waals surface area contributed by atoms with E-state index in [-0.39, 0.29) is 0 Å². The Balaban J connectivity index is 1.47. The van der Waals surface area contributed by atoms with Gasteiger partial charge in [0.15, 0.2) is 0 Å². The average molecular weight is 341 g/mol. The number of nitrogens with one attached hydrogen (secondary N) is 1. The van der Waals surface area contributed by atoms with Crippen molar-refractivity contribution < 1.29 is 4.90 Å². The molecule has 1 fully saturated rings. The molecule has 0 saturated carbocycles. The zero-order valence-electron chi connectivity index (χ0n) is 13.7. The summed E-state index contributed by atoms with van der Waals surface area (Å²) in [6, 6.07) is 20.7. The lowest BCUT2D eigenvalue weighted by Gasteiger charge is -2.30. The Morgan fingerprint density at radius 3 is 2.29 bits per heavy atom. The second-order valence-electron chi connectivity index (χ2n) is 6.05. The summed E-state index contributed by atoms with van der Waals surface area (Å²) in [4.78, 5) is 1.61. The third-order valence-electron chi connectivity index (χ3n) is 4.19. The molecular formula is C20H23ClN3+. The molecule has 3 rings (SSSR count). The minimum absolute atomic E-state index is 0.653. The largest absolute Gasteiger partial charge is 0.328 e. The van der Waals surface area contributed by atoms with Crippen LogP contribution in [-0.4, -0.2) is 37.4 Å². The number of benzene rings is 2. The minimum atomic E-state index is 0.653. The molecule has 124 valence electrons. The number of halogens is 1. The second kappa shape index (κ2) is 8.67. The van der Waals surface area contributed by atoms with Crippen molar-refractivity contribution in [2.24, 2.45) is 5.10 Å². The van der Waals surface area contributed by atoms with E-state index in [4.69, 9.17) is 11.6 Å². The Morgan fingerprint density at radius 2 is 1.62 bits per heavy atom. The van der Waals surface area contributed by atoms with Crippen LogP contribution in [-0.2, 0) is 6.54 Å². The zero-order valence-corrected chi connectivity index (χ0v) is 14.5. The fourth-order valence-electron chi connectivity index (χ4n) is 2.87. The number of hydrogen-bond acceptors (Lipinski definition) is 2. The van der Waals surface area contributed by atoms with Crippen molar-refractivity contribution in [1.29, 1.82) is 0 Å². The van der Waals surface area contributed by atoms with Crippen molar-refractivity contribution in [2.45, 2.75) is 6.54 Å². The van der Waals surface area contributed by atoms with Crippen molar-refractivity contribution in [3.8, 4) is 0 Å². The highest BCUT2D eigenvalue weighted by molar-refractivity contribution is 6.41. The molecule has 1 aliphatic heterocycles. The molecule has 2 aromatic carbocycles. The lowest BCUT2D eigenvalue weighted by Crippen LogP contribution is -3.13. The number of piperazine rings is 1. The molecule has 0 radical (unpaired) electrons. The van der Waals surface area contributed by atoms with Crippen molar-refractivity contribution in [3.63, 3.8) is 0 Å². The van der Waals surface area contributed by atoms with Gasteiger partial charge in [0.1, 0.15) is 6.54 Å². The maximum absolute atomic E-state index is 6.25. The zero-order chi connectivity index (χ0) is 16.6. The molecular weight excluding hydrogens is 318 g/mol. The topological polar surface area (TPSA) is 20.0 Å². The van der Waals surface area contributed by atoms with Crippen molar-refractivity contribution >= 4 is 23.9 Å². The second-order valence-corrected chi connectivity index (χ2v) is 6.49. The number of nitrogens with zero attached hydrogens (tertiary/aromatic N) is 2. The van der Waals surface area contributed by atoms with Crippen LogP contribution in [0.5, 0.6) is 0 Å². The maximum atomic E-state index is 6.25. The first-order valence-corrected chi connectivity index (χ1v) is 8.76. The van der Waals surface area contributed by atoms with Crippen molar-refractivity contribution in [3.05, 3.63) is 76.8 Å². The van der Waals surface area contributed by atoms with Gasteiger partial charge < -0.3 is 4.90 Å². The fourth-order valence-corrected chi connectivity index (χ4v) is 3.04. The van der Waals surface area contributed by atoms with E-state index in [1.807, 2.05) is 36.4 Å². The van der Waals surface area contributed by atoms with Crippen LogP contribution in [0, 0.1) is 0 Å². The lowest BCUT2D eigenvalue weighted by molar-refractivity contribution is -0.918. The molecule has 1 N–H and O–H groups in total. The van der Waals surface area contributed by atoms with Gasteiger partial charge in [0.2, 0.25) is 0 Å². The van der Waals surface area contributed by atoms with E-state index in [9.17, 15) is 0 Å². The summed E-state index contributed by atoms with van der Waals surface area (Å²) in [5, 5.41) is 7.28. The van der Waals surface area contributed by atoms with E-state index in [1.54, 1.807) is 11.1 Å². The van der Waals surface area contributed by atoms with Crippen LogP contribution in [0.25, 0.3) is 6.08 Å². The molecule has 1 aliphatic rings. The number of hydrazone groups is 1. The lowest BCUT2D eigenvalue weighted by atomic mass is 10.2.